The van der Waals surface area contributed by atoms with Gasteiger partial charge in [-0.3, -0.25) is 0 Å². The molecule has 1 aliphatic heterocycles. The molecule has 0 saturated carbocycles. The van der Waals surface area contributed by atoms with Crippen LogP contribution in [0.15, 0.2) is 53.6 Å². The van der Waals surface area contributed by atoms with Crippen LogP contribution in [-0.4, -0.2) is 54.1 Å². The van der Waals surface area contributed by atoms with Gasteiger partial charge in [-0.25, -0.2) is 22.2 Å². The van der Waals surface area contributed by atoms with E-state index in [9.17, 15) is 17.2 Å². The van der Waals surface area contributed by atoms with Crippen molar-refractivity contribution in [2.24, 2.45) is 0 Å². The smallest absolute Gasteiger partial charge is 0.246 e. The molecule has 0 radical (unpaired) electrons. The minimum atomic E-state index is -4.13. The highest BCUT2D eigenvalue weighted by molar-refractivity contribution is 7.89. The summed E-state index contributed by atoms with van der Waals surface area (Å²) in [6.45, 7) is 2.87. The van der Waals surface area contributed by atoms with Crippen molar-refractivity contribution in [2.45, 2.75) is 11.8 Å². The molecule has 0 aliphatic carbocycles. The van der Waals surface area contributed by atoms with Crippen molar-refractivity contribution in [3.05, 3.63) is 65.9 Å². The van der Waals surface area contributed by atoms with E-state index >= 15 is 0 Å². The topological polar surface area (TPSA) is 91.3 Å². The van der Waals surface area contributed by atoms with Gasteiger partial charge in [0.05, 0.1) is 0 Å². The first-order chi connectivity index (χ1) is 14.8. The van der Waals surface area contributed by atoms with Crippen LogP contribution in [0.5, 0.6) is 0 Å². The van der Waals surface area contributed by atoms with Crippen LogP contribution in [0.1, 0.15) is 5.56 Å². The SMILES string of the molecule is Cc1ccc(Nc2ccc(N3CCN(S(=O)(=O)c4cc(F)ccc4F)CC3)nn2)nc1. The van der Waals surface area contributed by atoms with Gasteiger partial charge in [-0.2, -0.15) is 4.31 Å². The van der Waals surface area contributed by atoms with Crippen LogP contribution in [0.3, 0.4) is 0 Å². The van der Waals surface area contributed by atoms with E-state index in [2.05, 4.69) is 20.5 Å². The van der Waals surface area contributed by atoms with Gasteiger partial charge >= 0.3 is 0 Å². The van der Waals surface area contributed by atoms with Gasteiger partial charge in [-0.15, -0.1) is 10.2 Å². The molecular formula is C20H20F2N6O2S. The Hall–Kier alpha value is -3.18. The number of benzene rings is 1. The first-order valence-corrected chi connectivity index (χ1v) is 11.0. The summed E-state index contributed by atoms with van der Waals surface area (Å²) in [6, 6.07) is 9.71. The largest absolute Gasteiger partial charge is 0.352 e. The summed E-state index contributed by atoms with van der Waals surface area (Å²) in [4.78, 5) is 5.48. The molecule has 1 aliphatic rings. The van der Waals surface area contributed by atoms with Gasteiger partial charge in [0.1, 0.15) is 22.3 Å². The number of nitrogens with one attached hydrogen (secondary N) is 1. The number of sulfonamides is 1. The number of nitrogens with zero attached hydrogens (tertiary/aromatic N) is 5. The maximum Gasteiger partial charge on any atom is 0.246 e. The van der Waals surface area contributed by atoms with Crippen molar-refractivity contribution in [2.75, 3.05) is 36.4 Å². The van der Waals surface area contributed by atoms with E-state index < -0.39 is 26.6 Å². The Morgan fingerprint density at radius 3 is 2.32 bits per heavy atom. The zero-order chi connectivity index (χ0) is 22.0. The molecule has 3 aromatic rings. The van der Waals surface area contributed by atoms with E-state index in [0.717, 1.165) is 22.0 Å². The average molecular weight is 446 g/mol. The first kappa shape index (κ1) is 21.1. The zero-order valence-corrected chi connectivity index (χ0v) is 17.5. The summed E-state index contributed by atoms with van der Waals surface area (Å²) in [5.74, 6) is -0.000351. The Bertz CT molecular complexity index is 1170. The third kappa shape index (κ3) is 4.62. The van der Waals surface area contributed by atoms with E-state index in [1.165, 1.54) is 0 Å². The van der Waals surface area contributed by atoms with Gasteiger partial charge in [-0.1, -0.05) is 6.07 Å². The van der Waals surface area contributed by atoms with Crippen molar-refractivity contribution in [1.82, 2.24) is 19.5 Å². The van der Waals surface area contributed by atoms with Gasteiger partial charge in [0, 0.05) is 32.4 Å². The molecule has 2 aromatic heterocycles. The highest BCUT2D eigenvalue weighted by atomic mass is 32.2. The summed E-state index contributed by atoms with van der Waals surface area (Å²) < 4.78 is 53.9. The van der Waals surface area contributed by atoms with Crippen molar-refractivity contribution in [3.8, 4) is 0 Å². The van der Waals surface area contributed by atoms with Crippen molar-refractivity contribution in [1.29, 1.82) is 0 Å². The van der Waals surface area contributed by atoms with Crippen molar-refractivity contribution >= 4 is 27.5 Å². The number of rotatable bonds is 5. The van der Waals surface area contributed by atoms with Crippen LogP contribution in [0.25, 0.3) is 0 Å². The molecule has 1 aromatic carbocycles. The molecule has 0 amide bonds. The van der Waals surface area contributed by atoms with Gasteiger partial charge in [-0.05, 0) is 48.9 Å². The van der Waals surface area contributed by atoms with Crippen molar-refractivity contribution in [3.63, 3.8) is 0 Å². The Balaban J connectivity index is 1.40. The average Bonchev–Trinajstić information content (AvgIpc) is 2.77. The lowest BCUT2D eigenvalue weighted by molar-refractivity contribution is 0.380. The van der Waals surface area contributed by atoms with E-state index in [1.807, 2.05) is 24.0 Å². The lowest BCUT2D eigenvalue weighted by Crippen LogP contribution is -2.49. The molecule has 1 fully saturated rings. The lowest BCUT2D eigenvalue weighted by atomic mass is 10.3. The Morgan fingerprint density at radius 2 is 1.68 bits per heavy atom. The summed E-state index contributed by atoms with van der Waals surface area (Å²) in [7, 11) is -4.13. The van der Waals surface area contributed by atoms with E-state index in [1.54, 1.807) is 18.3 Å². The van der Waals surface area contributed by atoms with Crippen LogP contribution in [0, 0.1) is 18.6 Å². The van der Waals surface area contributed by atoms with Crippen molar-refractivity contribution < 1.29 is 17.2 Å². The molecule has 11 heteroatoms. The summed E-state index contributed by atoms with van der Waals surface area (Å²) in [5, 5.41) is 11.4. The Labute approximate surface area is 178 Å². The lowest BCUT2D eigenvalue weighted by Gasteiger charge is -2.34. The molecule has 1 saturated heterocycles. The van der Waals surface area contributed by atoms with Crippen LogP contribution in [0.2, 0.25) is 0 Å². The normalized spacial score (nSPS) is 15.1. The third-order valence-corrected chi connectivity index (χ3v) is 6.81. The minimum absolute atomic E-state index is 0.118. The van der Waals surface area contributed by atoms with Gasteiger partial charge < -0.3 is 10.2 Å². The predicted octanol–water partition coefficient (Wildman–Crippen LogP) is 2.71. The number of pyridine rings is 1. The maximum absolute atomic E-state index is 14.0. The van der Waals surface area contributed by atoms with Gasteiger partial charge in [0.15, 0.2) is 11.6 Å². The standard InChI is InChI=1S/C20H20F2N6O2S/c1-14-2-5-18(23-13-14)24-19-6-7-20(26-25-19)27-8-10-28(11-9-27)31(29,30)17-12-15(21)3-4-16(17)22/h2-7,12-13H,8-11H2,1H3,(H,23,24,25). The molecule has 0 spiro atoms. The number of aromatic nitrogens is 3. The molecule has 1 N–H and O–H groups in total. The number of anilines is 3. The molecule has 0 unspecified atom stereocenters. The molecular weight excluding hydrogens is 426 g/mol. The first-order valence-electron chi connectivity index (χ1n) is 9.56. The number of hydrogen-bond acceptors (Lipinski definition) is 7. The monoisotopic (exact) mass is 446 g/mol. The van der Waals surface area contributed by atoms with E-state index in [0.29, 0.717) is 36.6 Å². The van der Waals surface area contributed by atoms with E-state index in [-0.39, 0.29) is 13.1 Å². The van der Waals surface area contributed by atoms with E-state index in [4.69, 9.17) is 0 Å². The minimum Gasteiger partial charge on any atom is -0.352 e. The quantitative estimate of drug-likeness (QED) is 0.644. The molecule has 4 rings (SSSR count). The van der Waals surface area contributed by atoms with Gasteiger partial charge in [0.2, 0.25) is 10.0 Å². The summed E-state index contributed by atoms with van der Waals surface area (Å²) in [6.07, 6.45) is 1.74. The maximum atomic E-state index is 14.0. The summed E-state index contributed by atoms with van der Waals surface area (Å²) >= 11 is 0. The fraction of sp³-hybridized carbons (Fsp3) is 0.250. The van der Waals surface area contributed by atoms with Crippen LogP contribution >= 0.6 is 0 Å². The molecule has 8 nitrogen and oxygen atoms in total. The second-order valence-corrected chi connectivity index (χ2v) is 8.99. The molecule has 0 bridgehead atoms. The van der Waals surface area contributed by atoms with Crippen LogP contribution < -0.4 is 10.2 Å². The Morgan fingerprint density at radius 1 is 0.935 bits per heavy atom. The molecule has 0 atom stereocenters. The second kappa shape index (κ2) is 8.52. The molecule has 31 heavy (non-hydrogen) atoms. The fourth-order valence-corrected chi connectivity index (χ4v) is 4.70. The van der Waals surface area contributed by atoms with Crippen LogP contribution in [0.4, 0.5) is 26.2 Å². The molecule has 3 heterocycles. The zero-order valence-electron chi connectivity index (χ0n) is 16.7. The van der Waals surface area contributed by atoms with Gasteiger partial charge in [0.25, 0.3) is 0 Å². The summed E-state index contributed by atoms with van der Waals surface area (Å²) in [5.41, 5.74) is 1.05. The fourth-order valence-electron chi connectivity index (χ4n) is 3.21. The number of halogens is 2. The highest BCUT2D eigenvalue weighted by Gasteiger charge is 2.31. The Kier molecular flexibility index (Phi) is 5.79. The third-order valence-electron chi connectivity index (χ3n) is 4.89. The number of piperazine rings is 1. The van der Waals surface area contributed by atoms with Crippen LogP contribution in [-0.2, 0) is 10.0 Å². The number of aryl methyl sites for hydroxylation is 1. The number of hydrogen-bond donors (Lipinski definition) is 1. The second-order valence-electron chi connectivity index (χ2n) is 7.09. The highest BCUT2D eigenvalue weighted by Crippen LogP contribution is 2.23. The molecule has 162 valence electrons. The predicted molar refractivity (Wildman–Crippen MR) is 112 cm³/mol.